The number of ether oxygens (including phenoxy) is 2. The lowest BCUT2D eigenvalue weighted by atomic mass is 9.73. The van der Waals surface area contributed by atoms with Gasteiger partial charge in [-0.2, -0.15) is 0 Å². The standard InChI is InChI=1S/C16H24N2O2/c1-19-13-16-6-3-9-20-15(16)5-8-18(12-16)11-14-4-2-7-17-10-14/h2,4,7,10,15H,3,5-6,8-9,11-13H2,1H3/t15-,16-/m1/s1. The largest absolute Gasteiger partial charge is 0.384 e. The molecule has 2 aliphatic heterocycles. The van der Waals surface area contributed by atoms with Crippen LogP contribution in [0.1, 0.15) is 24.8 Å². The molecule has 0 saturated carbocycles. The third-order valence-corrected chi connectivity index (χ3v) is 4.63. The second kappa shape index (κ2) is 6.20. The van der Waals surface area contributed by atoms with Gasteiger partial charge in [-0.3, -0.25) is 9.88 Å². The summed E-state index contributed by atoms with van der Waals surface area (Å²) in [4.78, 5) is 6.74. The first kappa shape index (κ1) is 14.0. The molecule has 20 heavy (non-hydrogen) atoms. The van der Waals surface area contributed by atoms with Crippen LogP contribution in [0.5, 0.6) is 0 Å². The number of nitrogens with zero attached hydrogens (tertiary/aromatic N) is 2. The zero-order valence-corrected chi connectivity index (χ0v) is 12.3. The van der Waals surface area contributed by atoms with Gasteiger partial charge < -0.3 is 9.47 Å². The van der Waals surface area contributed by atoms with Crippen LogP contribution in [-0.4, -0.2) is 49.4 Å². The first-order chi connectivity index (χ1) is 9.82. The minimum atomic E-state index is 0.188. The van der Waals surface area contributed by atoms with Gasteiger partial charge in [0.25, 0.3) is 0 Å². The predicted molar refractivity (Wildman–Crippen MR) is 77.4 cm³/mol. The molecule has 4 nitrogen and oxygen atoms in total. The van der Waals surface area contributed by atoms with Crippen LogP contribution in [0, 0.1) is 5.41 Å². The van der Waals surface area contributed by atoms with Gasteiger partial charge in [0.1, 0.15) is 0 Å². The highest BCUT2D eigenvalue weighted by Crippen LogP contribution is 2.40. The van der Waals surface area contributed by atoms with Crippen LogP contribution in [0.4, 0.5) is 0 Å². The normalized spacial score (nSPS) is 30.9. The molecule has 0 unspecified atom stereocenters. The molecule has 0 amide bonds. The van der Waals surface area contributed by atoms with Crippen LogP contribution in [0.25, 0.3) is 0 Å². The van der Waals surface area contributed by atoms with Gasteiger partial charge in [-0.05, 0) is 30.9 Å². The van der Waals surface area contributed by atoms with Crippen molar-refractivity contribution >= 4 is 0 Å². The van der Waals surface area contributed by atoms with E-state index in [4.69, 9.17) is 9.47 Å². The van der Waals surface area contributed by atoms with E-state index in [2.05, 4.69) is 16.0 Å². The van der Waals surface area contributed by atoms with Crippen LogP contribution in [0.3, 0.4) is 0 Å². The van der Waals surface area contributed by atoms with E-state index in [1.54, 1.807) is 7.11 Å². The van der Waals surface area contributed by atoms with Crippen molar-refractivity contribution in [3.05, 3.63) is 30.1 Å². The molecule has 0 N–H and O–H groups in total. The van der Waals surface area contributed by atoms with E-state index in [1.165, 1.54) is 12.0 Å². The Morgan fingerprint density at radius 1 is 1.55 bits per heavy atom. The molecule has 2 saturated heterocycles. The van der Waals surface area contributed by atoms with Crippen molar-refractivity contribution in [2.45, 2.75) is 31.9 Å². The van der Waals surface area contributed by atoms with E-state index in [-0.39, 0.29) is 5.41 Å². The van der Waals surface area contributed by atoms with Gasteiger partial charge in [-0.25, -0.2) is 0 Å². The van der Waals surface area contributed by atoms with Gasteiger partial charge in [-0.15, -0.1) is 0 Å². The number of aromatic nitrogens is 1. The Kier molecular flexibility index (Phi) is 4.34. The lowest BCUT2D eigenvalue weighted by molar-refractivity contribution is -0.149. The van der Waals surface area contributed by atoms with Gasteiger partial charge in [0.15, 0.2) is 0 Å². The number of hydrogen-bond acceptors (Lipinski definition) is 4. The second-order valence-electron chi connectivity index (χ2n) is 6.12. The molecule has 110 valence electrons. The first-order valence-corrected chi connectivity index (χ1v) is 7.54. The van der Waals surface area contributed by atoms with Crippen LogP contribution in [-0.2, 0) is 16.0 Å². The average molecular weight is 276 g/mol. The van der Waals surface area contributed by atoms with Crippen LogP contribution in [0.15, 0.2) is 24.5 Å². The lowest BCUT2D eigenvalue weighted by Gasteiger charge is -2.50. The molecular weight excluding hydrogens is 252 g/mol. The van der Waals surface area contributed by atoms with Crippen LogP contribution in [0.2, 0.25) is 0 Å². The summed E-state index contributed by atoms with van der Waals surface area (Å²) in [7, 11) is 1.81. The van der Waals surface area contributed by atoms with E-state index in [1.807, 2.05) is 18.5 Å². The summed E-state index contributed by atoms with van der Waals surface area (Å²) < 4.78 is 11.5. The zero-order valence-electron chi connectivity index (χ0n) is 12.3. The van der Waals surface area contributed by atoms with Crippen molar-refractivity contribution in [2.75, 3.05) is 33.4 Å². The van der Waals surface area contributed by atoms with Gasteiger partial charge >= 0.3 is 0 Å². The predicted octanol–water partition coefficient (Wildman–Crippen LogP) is 2.10. The maximum atomic E-state index is 6.02. The number of fused-ring (bicyclic) bond motifs is 1. The third kappa shape index (κ3) is 2.87. The molecule has 2 aliphatic rings. The Hall–Kier alpha value is -0.970. The van der Waals surface area contributed by atoms with Crippen molar-refractivity contribution in [3.8, 4) is 0 Å². The molecule has 0 radical (unpaired) electrons. The average Bonchev–Trinajstić information content (AvgIpc) is 2.48. The highest BCUT2D eigenvalue weighted by atomic mass is 16.5. The summed E-state index contributed by atoms with van der Waals surface area (Å²) >= 11 is 0. The molecule has 0 aliphatic carbocycles. The monoisotopic (exact) mass is 276 g/mol. The topological polar surface area (TPSA) is 34.6 Å². The molecule has 2 atom stereocenters. The van der Waals surface area contributed by atoms with E-state index < -0.39 is 0 Å². The van der Waals surface area contributed by atoms with Gasteiger partial charge in [0, 0.05) is 51.2 Å². The van der Waals surface area contributed by atoms with E-state index in [9.17, 15) is 0 Å². The Bertz CT molecular complexity index is 422. The fraction of sp³-hybridized carbons (Fsp3) is 0.688. The molecule has 3 heterocycles. The van der Waals surface area contributed by atoms with Crippen molar-refractivity contribution in [1.82, 2.24) is 9.88 Å². The minimum absolute atomic E-state index is 0.188. The van der Waals surface area contributed by atoms with Crippen molar-refractivity contribution < 1.29 is 9.47 Å². The summed E-state index contributed by atoms with van der Waals surface area (Å²) in [5, 5.41) is 0. The Labute approximate surface area is 121 Å². The summed E-state index contributed by atoms with van der Waals surface area (Å²) in [5.74, 6) is 0. The zero-order chi connectivity index (χ0) is 13.8. The summed E-state index contributed by atoms with van der Waals surface area (Å²) in [6.45, 7) is 4.87. The van der Waals surface area contributed by atoms with E-state index in [0.29, 0.717) is 6.10 Å². The number of hydrogen-bond donors (Lipinski definition) is 0. The van der Waals surface area contributed by atoms with E-state index in [0.717, 1.165) is 45.7 Å². The second-order valence-corrected chi connectivity index (χ2v) is 6.12. The van der Waals surface area contributed by atoms with Gasteiger partial charge in [0.05, 0.1) is 12.7 Å². The number of methoxy groups -OCH3 is 1. The smallest absolute Gasteiger partial charge is 0.0677 e. The summed E-state index contributed by atoms with van der Waals surface area (Å²) in [6, 6.07) is 4.16. The first-order valence-electron chi connectivity index (χ1n) is 7.54. The van der Waals surface area contributed by atoms with Crippen molar-refractivity contribution in [2.24, 2.45) is 5.41 Å². The van der Waals surface area contributed by atoms with Gasteiger partial charge in [-0.1, -0.05) is 6.07 Å². The molecule has 1 aromatic rings. The highest BCUT2D eigenvalue weighted by Gasteiger charge is 2.45. The molecule has 0 bridgehead atoms. The fourth-order valence-electron chi connectivity index (χ4n) is 3.77. The van der Waals surface area contributed by atoms with E-state index >= 15 is 0 Å². The maximum absolute atomic E-state index is 6.02. The Balaban J connectivity index is 1.70. The quantitative estimate of drug-likeness (QED) is 0.843. The van der Waals surface area contributed by atoms with Gasteiger partial charge in [0.2, 0.25) is 0 Å². The number of rotatable bonds is 4. The molecule has 2 fully saturated rings. The van der Waals surface area contributed by atoms with Crippen LogP contribution < -0.4 is 0 Å². The Morgan fingerprint density at radius 3 is 3.30 bits per heavy atom. The SMILES string of the molecule is COC[C@]12CCCO[C@@H]1CCN(Cc1cccnc1)C2. The molecule has 0 aromatic carbocycles. The molecular formula is C16H24N2O2. The molecule has 0 spiro atoms. The fourth-order valence-corrected chi connectivity index (χ4v) is 3.77. The molecule has 3 rings (SSSR count). The maximum Gasteiger partial charge on any atom is 0.0677 e. The lowest BCUT2D eigenvalue weighted by Crippen LogP contribution is -2.56. The minimum Gasteiger partial charge on any atom is -0.384 e. The Morgan fingerprint density at radius 2 is 2.50 bits per heavy atom. The highest BCUT2D eigenvalue weighted by molar-refractivity contribution is 5.09. The third-order valence-electron chi connectivity index (χ3n) is 4.63. The number of pyridine rings is 1. The number of piperidine rings is 1. The van der Waals surface area contributed by atoms with Crippen LogP contribution >= 0.6 is 0 Å². The van der Waals surface area contributed by atoms with Crippen molar-refractivity contribution in [3.63, 3.8) is 0 Å². The van der Waals surface area contributed by atoms with Crippen molar-refractivity contribution in [1.29, 1.82) is 0 Å². The molecule has 4 heteroatoms. The summed E-state index contributed by atoms with van der Waals surface area (Å²) in [6.07, 6.45) is 7.66. The summed E-state index contributed by atoms with van der Waals surface area (Å²) in [5.41, 5.74) is 1.48. The molecule has 1 aromatic heterocycles. The number of likely N-dealkylation sites (tertiary alicyclic amines) is 1.